The molecule has 46 heavy (non-hydrogen) atoms. The van der Waals surface area contributed by atoms with Gasteiger partial charge in [-0.2, -0.15) is 0 Å². The predicted octanol–water partition coefficient (Wildman–Crippen LogP) is 8.95. The molecule has 2 nitrogen and oxygen atoms in total. The van der Waals surface area contributed by atoms with Gasteiger partial charge in [0.1, 0.15) is 0 Å². The van der Waals surface area contributed by atoms with Crippen LogP contribution < -0.4 is 10.2 Å². The Labute approximate surface area is 307 Å². The molecule has 0 fully saturated rings. The van der Waals surface area contributed by atoms with Crippen LogP contribution in [0.3, 0.4) is 0 Å². The first-order valence-corrected chi connectivity index (χ1v) is 16.0. The topological polar surface area (TPSA) is 46.1 Å². The van der Waals surface area contributed by atoms with Crippen molar-refractivity contribution in [1.29, 1.82) is 0 Å². The quantitative estimate of drug-likeness (QED) is 0.0590. The SMILES string of the molecule is CC(/C=C(\C=C/C[O-])c1ccc(C/C=C/c2ccccc2)cc1)Sc1cc(-c2ccc(/C=C/c3ccccc3)cc2)ccc1[O-].[Ca+2]. The molecule has 0 heterocycles. The third-order valence-corrected chi connectivity index (χ3v) is 8.41. The second kappa shape index (κ2) is 18.5. The van der Waals surface area contributed by atoms with Crippen molar-refractivity contribution in [2.45, 2.75) is 23.5 Å². The molecule has 0 aliphatic carbocycles. The Balaban J connectivity index is 0.00000480. The van der Waals surface area contributed by atoms with Gasteiger partial charge in [-0.1, -0.05) is 164 Å². The molecule has 0 spiro atoms. The zero-order valence-electron chi connectivity index (χ0n) is 26.1. The number of hydrogen-bond donors (Lipinski definition) is 0. The van der Waals surface area contributed by atoms with Crippen LogP contribution in [0.2, 0.25) is 0 Å². The summed E-state index contributed by atoms with van der Waals surface area (Å²) in [5.41, 5.74) is 8.77. The molecular weight excluding hydrogens is 609 g/mol. The van der Waals surface area contributed by atoms with Crippen LogP contribution in [-0.4, -0.2) is 49.6 Å². The van der Waals surface area contributed by atoms with Gasteiger partial charge in [-0.15, -0.1) is 24.4 Å². The van der Waals surface area contributed by atoms with E-state index in [-0.39, 0.29) is 55.3 Å². The minimum absolute atomic E-state index is 0. The van der Waals surface area contributed by atoms with Crippen LogP contribution in [0.4, 0.5) is 0 Å². The van der Waals surface area contributed by atoms with Gasteiger partial charge in [-0.05, 0) is 63.9 Å². The smallest absolute Gasteiger partial charge is 0.872 e. The van der Waals surface area contributed by atoms with Crippen molar-refractivity contribution < 1.29 is 10.2 Å². The summed E-state index contributed by atoms with van der Waals surface area (Å²) in [5, 5.41) is 24.2. The first-order valence-electron chi connectivity index (χ1n) is 15.2. The molecule has 0 aliphatic heterocycles. The normalized spacial score (nSPS) is 12.5. The Bertz CT molecular complexity index is 1770. The van der Waals surface area contributed by atoms with Crippen LogP contribution in [-0.2, 0) is 6.42 Å². The van der Waals surface area contributed by atoms with Gasteiger partial charge >= 0.3 is 37.7 Å². The average Bonchev–Trinajstić information content (AvgIpc) is 3.08. The van der Waals surface area contributed by atoms with Crippen LogP contribution in [0.15, 0.2) is 157 Å². The molecule has 1 atom stereocenters. The molecular formula is C42H36CaO2S. The maximum absolute atomic E-state index is 12.8. The molecule has 0 saturated heterocycles. The van der Waals surface area contributed by atoms with Crippen molar-refractivity contribution in [3.63, 3.8) is 0 Å². The molecule has 224 valence electrons. The minimum atomic E-state index is -0.283. The Morgan fingerprint density at radius 3 is 1.89 bits per heavy atom. The van der Waals surface area contributed by atoms with Gasteiger partial charge in [0.25, 0.3) is 0 Å². The van der Waals surface area contributed by atoms with Gasteiger partial charge in [-0.3, -0.25) is 0 Å². The molecule has 5 aromatic carbocycles. The molecule has 0 bridgehead atoms. The van der Waals surface area contributed by atoms with Gasteiger partial charge in [0, 0.05) is 10.1 Å². The van der Waals surface area contributed by atoms with E-state index in [1.54, 1.807) is 12.1 Å². The summed E-state index contributed by atoms with van der Waals surface area (Å²) in [6.45, 7) is 1.80. The zero-order chi connectivity index (χ0) is 31.3. The molecule has 0 N–H and O–H groups in total. The summed E-state index contributed by atoms with van der Waals surface area (Å²) in [6.07, 6.45) is 15.0. The van der Waals surface area contributed by atoms with Gasteiger partial charge in [0.15, 0.2) is 0 Å². The van der Waals surface area contributed by atoms with Crippen molar-refractivity contribution in [2.75, 3.05) is 6.61 Å². The van der Waals surface area contributed by atoms with Crippen LogP contribution >= 0.6 is 11.8 Å². The second-order valence-corrected chi connectivity index (χ2v) is 12.2. The standard InChI is InChI=1S/C42H37O2S.Ca/c1-32(30-39(16-9-29-43)37-23-19-35(20-24-37)15-8-14-33-10-4-2-5-11-33)45-42-31-40(27-28-41(42)44)38-25-21-36(22-26-38)18-17-34-12-6-3-7-13-34;/h2-14,16-28,30-32,44H,15,29H2,1H3;/q-1;+2/p-1/b14-8+,16-9-,18-17+,39-30+;. The van der Waals surface area contributed by atoms with E-state index in [2.05, 4.69) is 110 Å². The predicted molar refractivity (Wildman–Crippen MR) is 195 cm³/mol. The van der Waals surface area contributed by atoms with E-state index in [1.807, 2.05) is 54.6 Å². The van der Waals surface area contributed by atoms with Gasteiger partial charge in [0.2, 0.25) is 0 Å². The molecule has 0 aliphatic rings. The van der Waals surface area contributed by atoms with Crippen LogP contribution in [0.1, 0.15) is 34.7 Å². The van der Waals surface area contributed by atoms with E-state index in [1.165, 1.54) is 22.9 Å². The minimum Gasteiger partial charge on any atom is -0.872 e. The van der Waals surface area contributed by atoms with Crippen LogP contribution in [0.5, 0.6) is 5.75 Å². The third-order valence-electron chi connectivity index (χ3n) is 7.33. The van der Waals surface area contributed by atoms with E-state index in [4.69, 9.17) is 0 Å². The van der Waals surface area contributed by atoms with Crippen molar-refractivity contribution in [3.05, 3.63) is 180 Å². The molecule has 5 rings (SSSR count). The Morgan fingerprint density at radius 1 is 0.674 bits per heavy atom. The van der Waals surface area contributed by atoms with Crippen molar-refractivity contribution in [1.82, 2.24) is 0 Å². The second-order valence-electron chi connectivity index (χ2n) is 10.8. The zero-order valence-corrected chi connectivity index (χ0v) is 29.1. The Kier molecular flexibility index (Phi) is 14.2. The molecule has 5 aromatic rings. The molecule has 1 unspecified atom stereocenters. The summed E-state index contributed by atoms with van der Waals surface area (Å²) >= 11 is 1.54. The summed E-state index contributed by atoms with van der Waals surface area (Å²) < 4.78 is 0. The average molecular weight is 645 g/mol. The molecule has 0 radical (unpaired) electrons. The first-order chi connectivity index (χ1) is 22.1. The molecule has 0 aromatic heterocycles. The van der Waals surface area contributed by atoms with Crippen molar-refractivity contribution in [2.24, 2.45) is 0 Å². The van der Waals surface area contributed by atoms with Gasteiger partial charge in [0.05, 0.1) is 0 Å². The summed E-state index contributed by atoms with van der Waals surface area (Å²) in [7, 11) is 0. The van der Waals surface area contributed by atoms with E-state index in [0.29, 0.717) is 4.90 Å². The number of benzene rings is 5. The summed E-state index contributed by atoms with van der Waals surface area (Å²) in [5.74, 6) is 0.0102. The monoisotopic (exact) mass is 644 g/mol. The number of rotatable bonds is 12. The summed E-state index contributed by atoms with van der Waals surface area (Å²) in [6, 6.07) is 42.9. The van der Waals surface area contributed by atoms with Gasteiger partial charge < -0.3 is 10.2 Å². The van der Waals surface area contributed by atoms with E-state index in [9.17, 15) is 10.2 Å². The molecule has 0 saturated carbocycles. The van der Waals surface area contributed by atoms with Crippen molar-refractivity contribution >= 4 is 73.3 Å². The number of thioether (sulfide) groups is 1. The first kappa shape index (κ1) is 35.3. The Hall–Kier alpha value is -3.57. The van der Waals surface area contributed by atoms with Gasteiger partial charge in [-0.25, -0.2) is 0 Å². The van der Waals surface area contributed by atoms with E-state index in [0.717, 1.165) is 39.8 Å². The number of hydrogen-bond acceptors (Lipinski definition) is 3. The number of allylic oxidation sites excluding steroid dienone is 3. The Morgan fingerprint density at radius 2 is 1.26 bits per heavy atom. The fraction of sp³-hybridized carbons (Fsp3) is 0.0952. The van der Waals surface area contributed by atoms with Crippen molar-refractivity contribution in [3.8, 4) is 16.9 Å². The van der Waals surface area contributed by atoms with E-state index >= 15 is 0 Å². The fourth-order valence-corrected chi connectivity index (χ4v) is 5.96. The maximum Gasteiger partial charge on any atom is 2.00 e. The van der Waals surface area contributed by atoms with Crippen LogP contribution in [0, 0.1) is 0 Å². The fourth-order valence-electron chi connectivity index (χ4n) is 4.96. The largest absolute Gasteiger partial charge is 2.00 e. The molecule has 4 heteroatoms. The summed E-state index contributed by atoms with van der Waals surface area (Å²) in [4.78, 5) is 0.706. The third kappa shape index (κ3) is 10.8. The van der Waals surface area contributed by atoms with Crippen LogP contribution in [0.25, 0.3) is 34.9 Å². The molecule has 0 amide bonds. The maximum atomic E-state index is 12.8. The van der Waals surface area contributed by atoms with E-state index < -0.39 is 0 Å².